The van der Waals surface area contributed by atoms with Gasteiger partial charge in [-0.2, -0.15) is 0 Å². The smallest absolute Gasteiger partial charge is 0.271 e. The fraction of sp³-hybridized carbons (Fsp3) is 0.417. The van der Waals surface area contributed by atoms with Crippen LogP contribution in [-0.4, -0.2) is 22.8 Å². The maximum atomic E-state index is 11.6. The summed E-state index contributed by atoms with van der Waals surface area (Å²) < 4.78 is 0. The number of hydrogen-bond acceptors (Lipinski definition) is 4. The molecule has 0 spiro atoms. The zero-order chi connectivity index (χ0) is 13.5. The zero-order valence-corrected chi connectivity index (χ0v) is 10.5. The first-order valence-electron chi connectivity index (χ1n) is 5.76. The second-order valence-corrected chi connectivity index (χ2v) is 4.42. The van der Waals surface area contributed by atoms with Gasteiger partial charge in [-0.15, -0.1) is 0 Å². The van der Waals surface area contributed by atoms with Gasteiger partial charge in [0.05, 0.1) is 11.6 Å². The van der Waals surface area contributed by atoms with Gasteiger partial charge in [0.25, 0.3) is 11.8 Å². The lowest BCUT2D eigenvalue weighted by molar-refractivity contribution is -0.123. The average Bonchev–Trinajstić information content (AvgIpc) is 2.35. The Hall–Kier alpha value is -1.95. The van der Waals surface area contributed by atoms with E-state index in [1.54, 1.807) is 18.3 Å². The first-order valence-corrected chi connectivity index (χ1v) is 5.76. The minimum atomic E-state index is -0.626. The predicted molar refractivity (Wildman–Crippen MR) is 67.3 cm³/mol. The molecule has 98 valence electrons. The average molecular weight is 250 g/mol. The van der Waals surface area contributed by atoms with Gasteiger partial charge in [-0.05, 0) is 24.5 Å². The summed E-state index contributed by atoms with van der Waals surface area (Å²) in [5.74, 6) is -0.506. The lowest BCUT2D eigenvalue weighted by atomic mass is 10.0. The molecule has 1 aromatic heterocycles. The number of pyridine rings is 1. The maximum absolute atomic E-state index is 11.6. The van der Waals surface area contributed by atoms with Gasteiger partial charge in [-0.1, -0.05) is 13.8 Å². The number of hydrogen-bond donors (Lipinski definition) is 3. The van der Waals surface area contributed by atoms with E-state index in [2.05, 4.69) is 15.8 Å². The summed E-state index contributed by atoms with van der Waals surface area (Å²) in [4.78, 5) is 26.9. The van der Waals surface area contributed by atoms with Crippen molar-refractivity contribution in [2.45, 2.75) is 26.3 Å². The summed E-state index contributed by atoms with van der Waals surface area (Å²) in [5.41, 5.74) is 10.6. The number of hydrazine groups is 1. The fourth-order valence-electron chi connectivity index (χ4n) is 1.40. The van der Waals surface area contributed by atoms with Crippen molar-refractivity contribution in [3.8, 4) is 0 Å². The molecule has 0 fully saturated rings. The Labute approximate surface area is 106 Å². The van der Waals surface area contributed by atoms with Gasteiger partial charge >= 0.3 is 0 Å². The molecule has 1 rings (SSSR count). The molecule has 1 aromatic rings. The molecule has 0 radical (unpaired) electrons. The summed E-state index contributed by atoms with van der Waals surface area (Å²) in [6.45, 7) is 3.95. The van der Waals surface area contributed by atoms with Crippen LogP contribution >= 0.6 is 0 Å². The van der Waals surface area contributed by atoms with Crippen molar-refractivity contribution in [1.29, 1.82) is 0 Å². The van der Waals surface area contributed by atoms with Crippen LogP contribution in [0.25, 0.3) is 0 Å². The van der Waals surface area contributed by atoms with Gasteiger partial charge in [0.1, 0.15) is 0 Å². The summed E-state index contributed by atoms with van der Waals surface area (Å²) in [5, 5.41) is 0. The van der Waals surface area contributed by atoms with Crippen molar-refractivity contribution in [3.05, 3.63) is 30.1 Å². The largest absolute Gasteiger partial charge is 0.320 e. The first kappa shape index (κ1) is 14.1. The van der Waals surface area contributed by atoms with Crippen LogP contribution in [0.1, 0.15) is 30.6 Å². The molecule has 18 heavy (non-hydrogen) atoms. The van der Waals surface area contributed by atoms with Crippen LogP contribution in [0.2, 0.25) is 0 Å². The van der Waals surface area contributed by atoms with Crippen LogP contribution < -0.4 is 16.6 Å². The minimum Gasteiger partial charge on any atom is -0.320 e. The highest BCUT2D eigenvalue weighted by Crippen LogP contribution is 2.02. The van der Waals surface area contributed by atoms with E-state index in [1.807, 2.05) is 13.8 Å². The van der Waals surface area contributed by atoms with Gasteiger partial charge in [0.15, 0.2) is 0 Å². The number of amides is 2. The molecule has 0 saturated carbocycles. The molecule has 4 N–H and O–H groups in total. The Balaban J connectivity index is 2.41. The predicted octanol–water partition coefficient (Wildman–Crippen LogP) is 0.216. The van der Waals surface area contributed by atoms with E-state index in [0.29, 0.717) is 17.9 Å². The van der Waals surface area contributed by atoms with Crippen LogP contribution in [0, 0.1) is 5.92 Å². The van der Waals surface area contributed by atoms with Gasteiger partial charge in [-0.25, -0.2) is 0 Å². The molecular formula is C12H18N4O2. The summed E-state index contributed by atoms with van der Waals surface area (Å²) in [6.07, 6.45) is 3.54. The zero-order valence-electron chi connectivity index (χ0n) is 10.5. The molecule has 1 heterocycles. The van der Waals surface area contributed by atoms with E-state index in [0.717, 1.165) is 0 Å². The Kier molecular flexibility index (Phi) is 5.26. The molecule has 2 amide bonds. The highest BCUT2D eigenvalue weighted by Gasteiger charge is 2.15. The van der Waals surface area contributed by atoms with Crippen molar-refractivity contribution in [2.75, 3.05) is 0 Å². The van der Waals surface area contributed by atoms with Crippen molar-refractivity contribution in [1.82, 2.24) is 15.8 Å². The van der Waals surface area contributed by atoms with Crippen molar-refractivity contribution in [3.63, 3.8) is 0 Å². The van der Waals surface area contributed by atoms with Crippen molar-refractivity contribution < 1.29 is 9.59 Å². The SMILES string of the molecule is CC(C)CC(N)C(=O)NNC(=O)c1cccnc1. The molecule has 0 saturated heterocycles. The third kappa shape index (κ3) is 4.50. The lowest BCUT2D eigenvalue weighted by Gasteiger charge is -2.14. The maximum Gasteiger partial charge on any atom is 0.271 e. The summed E-state index contributed by atoms with van der Waals surface area (Å²) in [7, 11) is 0. The van der Waals surface area contributed by atoms with E-state index in [9.17, 15) is 9.59 Å². The molecule has 0 aliphatic rings. The Morgan fingerprint density at radius 3 is 2.67 bits per heavy atom. The topological polar surface area (TPSA) is 97.1 Å². The number of rotatable bonds is 4. The summed E-state index contributed by atoms with van der Waals surface area (Å²) in [6, 6.07) is 2.61. The Morgan fingerprint density at radius 2 is 2.11 bits per heavy atom. The number of carbonyl (C=O) groups is 2. The number of nitrogens with two attached hydrogens (primary N) is 1. The first-order chi connectivity index (χ1) is 8.50. The molecule has 6 heteroatoms. The van der Waals surface area contributed by atoms with Gasteiger partial charge < -0.3 is 5.73 Å². The standard InChI is InChI=1S/C12H18N4O2/c1-8(2)6-10(13)12(18)16-15-11(17)9-4-3-5-14-7-9/h3-5,7-8,10H,6,13H2,1-2H3,(H,15,17)(H,16,18). The number of aromatic nitrogens is 1. The monoisotopic (exact) mass is 250 g/mol. The van der Waals surface area contributed by atoms with Crippen LogP contribution in [0.4, 0.5) is 0 Å². The van der Waals surface area contributed by atoms with E-state index >= 15 is 0 Å². The van der Waals surface area contributed by atoms with E-state index in [1.165, 1.54) is 6.20 Å². The van der Waals surface area contributed by atoms with Crippen LogP contribution in [0.15, 0.2) is 24.5 Å². The highest BCUT2D eigenvalue weighted by molar-refractivity contribution is 5.95. The van der Waals surface area contributed by atoms with E-state index in [4.69, 9.17) is 5.73 Å². The number of carbonyl (C=O) groups excluding carboxylic acids is 2. The second kappa shape index (κ2) is 6.70. The van der Waals surface area contributed by atoms with Gasteiger partial charge in [0.2, 0.25) is 0 Å². The third-order valence-corrected chi connectivity index (χ3v) is 2.29. The van der Waals surface area contributed by atoms with E-state index < -0.39 is 17.9 Å². The molecule has 6 nitrogen and oxygen atoms in total. The number of nitrogens with one attached hydrogen (secondary N) is 2. The Bertz CT molecular complexity index is 406. The molecule has 1 atom stereocenters. The molecule has 0 aromatic carbocycles. The molecule has 0 bridgehead atoms. The highest BCUT2D eigenvalue weighted by atomic mass is 16.2. The minimum absolute atomic E-state index is 0.319. The molecule has 0 aliphatic carbocycles. The van der Waals surface area contributed by atoms with Gasteiger partial charge in [-0.3, -0.25) is 25.4 Å². The second-order valence-electron chi connectivity index (χ2n) is 4.42. The van der Waals surface area contributed by atoms with Crippen LogP contribution in [-0.2, 0) is 4.79 Å². The molecular weight excluding hydrogens is 232 g/mol. The van der Waals surface area contributed by atoms with Gasteiger partial charge in [0, 0.05) is 12.4 Å². The van der Waals surface area contributed by atoms with E-state index in [-0.39, 0.29) is 0 Å². The molecule has 1 unspecified atom stereocenters. The molecule has 0 aliphatic heterocycles. The fourth-order valence-corrected chi connectivity index (χ4v) is 1.40. The van der Waals surface area contributed by atoms with Crippen LogP contribution in [0.5, 0.6) is 0 Å². The normalized spacial score (nSPS) is 12.0. The van der Waals surface area contributed by atoms with Crippen molar-refractivity contribution >= 4 is 11.8 Å². The Morgan fingerprint density at radius 1 is 1.39 bits per heavy atom. The summed E-state index contributed by atoms with van der Waals surface area (Å²) >= 11 is 0. The van der Waals surface area contributed by atoms with Crippen molar-refractivity contribution in [2.24, 2.45) is 11.7 Å². The lowest BCUT2D eigenvalue weighted by Crippen LogP contribution is -2.49. The number of nitrogens with zero attached hydrogens (tertiary/aromatic N) is 1. The third-order valence-electron chi connectivity index (χ3n) is 2.29. The quantitative estimate of drug-likeness (QED) is 0.666. The van der Waals surface area contributed by atoms with Crippen LogP contribution in [0.3, 0.4) is 0 Å².